The van der Waals surface area contributed by atoms with Crippen molar-refractivity contribution in [2.75, 3.05) is 11.5 Å². The summed E-state index contributed by atoms with van der Waals surface area (Å²) in [6.07, 6.45) is 1.70. The Balaban J connectivity index is 2.03. The van der Waals surface area contributed by atoms with Crippen molar-refractivity contribution >= 4 is 44.9 Å². The van der Waals surface area contributed by atoms with E-state index >= 15 is 0 Å². The van der Waals surface area contributed by atoms with Crippen LogP contribution in [0.25, 0.3) is 10.2 Å². The maximum atomic E-state index is 13.2. The van der Waals surface area contributed by atoms with Gasteiger partial charge in [0.1, 0.15) is 16.2 Å². The molecule has 11 heteroatoms. The van der Waals surface area contributed by atoms with Gasteiger partial charge < -0.3 is 5.73 Å². The Bertz CT molecular complexity index is 1360. The van der Waals surface area contributed by atoms with Crippen LogP contribution in [0.2, 0.25) is 0 Å². The number of nitrogen functional groups attached to an aromatic ring is 1. The average molecular weight is 464 g/mol. The molecule has 0 aromatic carbocycles. The molecule has 0 radical (unpaired) electrons. The molecule has 0 unspecified atom stereocenters. The Kier molecular flexibility index (Phi) is 6.56. The highest BCUT2D eigenvalue weighted by atomic mass is 32.2. The van der Waals surface area contributed by atoms with E-state index in [0.29, 0.717) is 21.9 Å². The van der Waals surface area contributed by atoms with Crippen LogP contribution in [-0.2, 0) is 20.6 Å². The van der Waals surface area contributed by atoms with Gasteiger partial charge in [-0.15, -0.1) is 11.3 Å². The monoisotopic (exact) mass is 463 g/mol. The highest BCUT2D eigenvalue weighted by Gasteiger charge is 2.22. The summed E-state index contributed by atoms with van der Waals surface area (Å²) >= 11 is 2.54. The molecule has 0 saturated carbocycles. The number of Topliss-reactive ketones (excluding diaryl/α,β-unsaturated/α-hetero) is 1. The maximum Gasteiger partial charge on any atom is 0.332 e. The summed E-state index contributed by atoms with van der Waals surface area (Å²) in [5.41, 5.74) is 5.13. The summed E-state index contributed by atoms with van der Waals surface area (Å²) in [4.78, 5) is 56.8. The van der Waals surface area contributed by atoms with Crippen molar-refractivity contribution in [2.24, 2.45) is 14.1 Å². The number of carbonyl (C=O) groups is 1. The molecule has 0 aliphatic rings. The molecule has 2 N–H and O–H groups in total. The van der Waals surface area contributed by atoms with E-state index in [2.05, 4.69) is 4.98 Å². The third kappa shape index (κ3) is 3.99. The third-order valence-electron chi connectivity index (χ3n) is 5.31. The lowest BCUT2D eigenvalue weighted by molar-refractivity contribution is 0.102. The minimum Gasteiger partial charge on any atom is -0.384 e. The molecule has 3 rings (SSSR count). The Morgan fingerprint density at radius 1 is 1.13 bits per heavy atom. The summed E-state index contributed by atoms with van der Waals surface area (Å²) in [6.45, 7) is 6.39. The van der Waals surface area contributed by atoms with Crippen LogP contribution in [0, 0.1) is 13.8 Å². The lowest BCUT2D eigenvalue weighted by Gasteiger charge is -2.13. The van der Waals surface area contributed by atoms with Crippen molar-refractivity contribution in [1.29, 1.82) is 0 Å². The Hall–Kier alpha value is -2.66. The van der Waals surface area contributed by atoms with Crippen molar-refractivity contribution in [3.05, 3.63) is 47.2 Å². The number of ketones is 1. The molecule has 0 aliphatic carbocycles. The number of thiophene rings is 1. The van der Waals surface area contributed by atoms with Crippen LogP contribution < -0.4 is 22.5 Å². The summed E-state index contributed by atoms with van der Waals surface area (Å²) in [6, 6.07) is 0. The van der Waals surface area contributed by atoms with E-state index in [1.807, 2.05) is 20.8 Å². The second kappa shape index (κ2) is 8.83. The van der Waals surface area contributed by atoms with Gasteiger partial charge in [0.25, 0.3) is 11.1 Å². The van der Waals surface area contributed by atoms with Crippen LogP contribution in [0.4, 0.5) is 5.82 Å². The van der Waals surface area contributed by atoms with E-state index in [1.54, 1.807) is 4.57 Å². The Labute approximate surface area is 186 Å². The first-order chi connectivity index (χ1) is 14.6. The SMILES string of the molecule is CCCCn1c(SCC(=O)c2c(N)n(C)c(=O)n(C)c2=O)nc2sc(C)c(C)c2c1=O. The Morgan fingerprint density at radius 3 is 2.45 bits per heavy atom. The van der Waals surface area contributed by atoms with Crippen LogP contribution in [0.5, 0.6) is 0 Å². The number of hydrogen-bond acceptors (Lipinski definition) is 8. The number of rotatable bonds is 7. The first kappa shape index (κ1) is 23.0. The van der Waals surface area contributed by atoms with Crippen LogP contribution >= 0.6 is 23.1 Å². The Morgan fingerprint density at radius 2 is 1.81 bits per heavy atom. The molecule has 0 atom stereocenters. The highest BCUT2D eigenvalue weighted by Crippen LogP contribution is 2.28. The quantitative estimate of drug-likeness (QED) is 0.322. The molecule has 0 fully saturated rings. The molecule has 166 valence electrons. The molecule has 31 heavy (non-hydrogen) atoms. The molecule has 9 nitrogen and oxygen atoms in total. The van der Waals surface area contributed by atoms with Gasteiger partial charge in [0, 0.05) is 25.5 Å². The van der Waals surface area contributed by atoms with Gasteiger partial charge in [0.2, 0.25) is 0 Å². The molecule has 0 amide bonds. The van der Waals surface area contributed by atoms with E-state index in [9.17, 15) is 19.2 Å². The topological polar surface area (TPSA) is 122 Å². The van der Waals surface area contributed by atoms with Gasteiger partial charge in [-0.25, -0.2) is 9.78 Å². The van der Waals surface area contributed by atoms with Gasteiger partial charge in [-0.1, -0.05) is 25.1 Å². The highest BCUT2D eigenvalue weighted by molar-refractivity contribution is 7.99. The van der Waals surface area contributed by atoms with E-state index in [4.69, 9.17) is 5.73 Å². The predicted molar refractivity (Wildman–Crippen MR) is 125 cm³/mol. The van der Waals surface area contributed by atoms with Gasteiger partial charge in [-0.05, 0) is 25.8 Å². The van der Waals surface area contributed by atoms with E-state index in [0.717, 1.165) is 44.2 Å². The number of anilines is 1. The average Bonchev–Trinajstić information content (AvgIpc) is 3.02. The van der Waals surface area contributed by atoms with Crippen LogP contribution in [0.3, 0.4) is 0 Å². The second-order valence-corrected chi connectivity index (χ2v) is 9.49. The zero-order valence-electron chi connectivity index (χ0n) is 18.1. The van der Waals surface area contributed by atoms with Gasteiger partial charge in [0.15, 0.2) is 10.9 Å². The maximum absolute atomic E-state index is 13.2. The number of aryl methyl sites for hydroxylation is 2. The first-order valence-electron chi connectivity index (χ1n) is 9.82. The van der Waals surface area contributed by atoms with Crippen molar-refractivity contribution in [1.82, 2.24) is 18.7 Å². The lowest BCUT2D eigenvalue weighted by atomic mass is 10.2. The standard InChI is InChI=1S/C20H25N5O4S2/c1-6-7-8-25-18(28)13-10(2)11(3)31-16(13)22-19(25)30-9-12(26)14-15(21)23(4)20(29)24(5)17(14)27/h6-9,21H2,1-5H3. The van der Waals surface area contributed by atoms with Gasteiger partial charge >= 0.3 is 5.69 Å². The predicted octanol–water partition coefficient (Wildman–Crippen LogP) is 1.83. The summed E-state index contributed by atoms with van der Waals surface area (Å²) in [7, 11) is 2.70. The smallest absolute Gasteiger partial charge is 0.332 e. The summed E-state index contributed by atoms with van der Waals surface area (Å²) < 4.78 is 3.52. The third-order valence-corrected chi connectivity index (χ3v) is 7.39. The molecular weight excluding hydrogens is 438 g/mol. The normalized spacial score (nSPS) is 11.4. The fraction of sp³-hybridized carbons (Fsp3) is 0.450. The number of fused-ring (bicyclic) bond motifs is 1. The molecule has 0 spiro atoms. The fourth-order valence-corrected chi connectivity index (χ4v) is 5.22. The largest absolute Gasteiger partial charge is 0.384 e. The van der Waals surface area contributed by atoms with Crippen LogP contribution in [0.1, 0.15) is 40.6 Å². The van der Waals surface area contributed by atoms with Crippen molar-refractivity contribution in [3.63, 3.8) is 0 Å². The number of unbranched alkanes of at least 4 members (excludes halogenated alkanes) is 1. The molecule has 3 aromatic rings. The molecule has 3 aromatic heterocycles. The summed E-state index contributed by atoms with van der Waals surface area (Å²) in [5, 5.41) is 1.05. The first-order valence-corrected chi connectivity index (χ1v) is 11.6. The van der Waals surface area contributed by atoms with Crippen molar-refractivity contribution < 1.29 is 4.79 Å². The zero-order valence-corrected chi connectivity index (χ0v) is 19.8. The molecule has 0 aliphatic heterocycles. The summed E-state index contributed by atoms with van der Waals surface area (Å²) in [5.74, 6) is -0.825. The van der Waals surface area contributed by atoms with E-state index in [1.165, 1.54) is 25.4 Å². The molecule has 0 saturated heterocycles. The van der Waals surface area contributed by atoms with Gasteiger partial charge in [0.05, 0.1) is 11.1 Å². The van der Waals surface area contributed by atoms with Gasteiger partial charge in [-0.2, -0.15) is 0 Å². The fourth-order valence-electron chi connectivity index (χ4n) is 3.26. The zero-order chi connectivity index (χ0) is 23.0. The van der Waals surface area contributed by atoms with Crippen molar-refractivity contribution in [3.8, 4) is 0 Å². The van der Waals surface area contributed by atoms with Crippen LogP contribution in [-0.4, -0.2) is 30.2 Å². The molecule has 3 heterocycles. The van der Waals surface area contributed by atoms with Gasteiger partial charge in [-0.3, -0.25) is 28.1 Å². The minimum absolute atomic E-state index is 0.118. The molecular formula is C20H25N5O4S2. The number of nitrogens with two attached hydrogens (primary N) is 1. The second-order valence-electron chi connectivity index (χ2n) is 7.35. The number of thioether (sulfide) groups is 1. The minimum atomic E-state index is -0.734. The van der Waals surface area contributed by atoms with E-state index < -0.39 is 17.0 Å². The number of nitrogens with zero attached hydrogens (tertiary/aromatic N) is 4. The van der Waals surface area contributed by atoms with Crippen LogP contribution in [0.15, 0.2) is 19.5 Å². The number of aromatic nitrogens is 4. The lowest BCUT2D eigenvalue weighted by Crippen LogP contribution is -2.41. The molecule has 0 bridgehead atoms. The van der Waals surface area contributed by atoms with E-state index in [-0.39, 0.29) is 22.7 Å². The van der Waals surface area contributed by atoms with Crippen molar-refractivity contribution in [2.45, 2.75) is 45.3 Å². The number of carbonyl (C=O) groups excluding carboxylic acids is 1. The number of hydrogen-bond donors (Lipinski definition) is 1.